The van der Waals surface area contributed by atoms with Gasteiger partial charge in [-0.15, -0.1) is 0 Å². The third-order valence-corrected chi connectivity index (χ3v) is 2.75. The molecule has 3 N–H and O–H groups in total. The van der Waals surface area contributed by atoms with Crippen LogP contribution in [0.15, 0.2) is 24.3 Å². The lowest BCUT2D eigenvalue weighted by Crippen LogP contribution is -2.53. The number of nitrogens with one attached hydrogen (secondary N) is 1. The first-order valence-corrected chi connectivity index (χ1v) is 5.73. The standard InChI is InChI=1S/C13H20FNO2/c1-10(15-13(2,8-16)9-17)7-11-3-5-12(14)6-4-11/h3-6,10,15-17H,7-9H2,1-2H3. The molecule has 0 bridgehead atoms. The van der Waals surface area contributed by atoms with Crippen molar-refractivity contribution >= 4 is 0 Å². The van der Waals surface area contributed by atoms with E-state index in [1.54, 1.807) is 19.1 Å². The number of aliphatic hydroxyl groups excluding tert-OH is 2. The third-order valence-electron chi connectivity index (χ3n) is 2.75. The Kier molecular flexibility index (Phi) is 5.05. The molecule has 1 aromatic carbocycles. The zero-order valence-electron chi connectivity index (χ0n) is 10.3. The van der Waals surface area contributed by atoms with Crippen LogP contribution < -0.4 is 5.32 Å². The molecule has 3 nitrogen and oxygen atoms in total. The van der Waals surface area contributed by atoms with Gasteiger partial charge in [-0.25, -0.2) is 4.39 Å². The minimum atomic E-state index is -0.681. The van der Waals surface area contributed by atoms with E-state index in [9.17, 15) is 4.39 Å². The Balaban J connectivity index is 2.54. The van der Waals surface area contributed by atoms with E-state index in [1.165, 1.54) is 12.1 Å². The summed E-state index contributed by atoms with van der Waals surface area (Å²) in [7, 11) is 0. The predicted octanol–water partition coefficient (Wildman–Crippen LogP) is 1.09. The fourth-order valence-electron chi connectivity index (χ4n) is 1.76. The van der Waals surface area contributed by atoms with Crippen LogP contribution in [0, 0.1) is 5.82 Å². The average Bonchev–Trinajstić information content (AvgIpc) is 2.32. The molecule has 0 saturated heterocycles. The molecule has 0 aromatic heterocycles. The lowest BCUT2D eigenvalue weighted by atomic mass is 10.0. The minimum absolute atomic E-state index is 0.0877. The summed E-state index contributed by atoms with van der Waals surface area (Å²) >= 11 is 0. The Morgan fingerprint density at radius 2 is 1.76 bits per heavy atom. The number of benzene rings is 1. The van der Waals surface area contributed by atoms with Crippen LogP contribution in [0.3, 0.4) is 0 Å². The lowest BCUT2D eigenvalue weighted by molar-refractivity contribution is 0.0957. The van der Waals surface area contributed by atoms with Gasteiger partial charge >= 0.3 is 0 Å². The molecular weight excluding hydrogens is 221 g/mol. The Morgan fingerprint density at radius 3 is 2.24 bits per heavy atom. The number of hydrogen-bond donors (Lipinski definition) is 3. The van der Waals surface area contributed by atoms with Crippen LogP contribution in [0.25, 0.3) is 0 Å². The van der Waals surface area contributed by atoms with E-state index in [4.69, 9.17) is 10.2 Å². The van der Waals surface area contributed by atoms with Crippen molar-refractivity contribution in [2.45, 2.75) is 31.8 Å². The van der Waals surface area contributed by atoms with Crippen molar-refractivity contribution < 1.29 is 14.6 Å². The quantitative estimate of drug-likeness (QED) is 0.699. The van der Waals surface area contributed by atoms with Gasteiger partial charge < -0.3 is 15.5 Å². The summed E-state index contributed by atoms with van der Waals surface area (Å²) in [6.45, 7) is 3.47. The van der Waals surface area contributed by atoms with Gasteiger partial charge in [-0.3, -0.25) is 0 Å². The molecule has 0 spiro atoms. The van der Waals surface area contributed by atoms with Gasteiger partial charge in [-0.1, -0.05) is 12.1 Å². The first kappa shape index (κ1) is 14.1. The van der Waals surface area contributed by atoms with Gasteiger partial charge in [0.1, 0.15) is 5.82 Å². The first-order valence-electron chi connectivity index (χ1n) is 5.73. The first-order chi connectivity index (χ1) is 7.99. The molecule has 0 saturated carbocycles. The molecule has 1 unspecified atom stereocenters. The fraction of sp³-hybridized carbons (Fsp3) is 0.538. The number of hydrogen-bond acceptors (Lipinski definition) is 3. The average molecular weight is 241 g/mol. The highest BCUT2D eigenvalue weighted by Crippen LogP contribution is 2.09. The molecule has 0 amide bonds. The monoisotopic (exact) mass is 241 g/mol. The Bertz CT molecular complexity index is 336. The molecule has 0 heterocycles. The van der Waals surface area contributed by atoms with Crippen LogP contribution in [0.2, 0.25) is 0 Å². The summed E-state index contributed by atoms with van der Waals surface area (Å²) in [5.74, 6) is -0.245. The summed E-state index contributed by atoms with van der Waals surface area (Å²) in [5, 5.41) is 21.5. The van der Waals surface area contributed by atoms with Gasteiger partial charge in [0.15, 0.2) is 0 Å². The van der Waals surface area contributed by atoms with Crippen molar-refractivity contribution in [3.8, 4) is 0 Å². The topological polar surface area (TPSA) is 52.5 Å². The van der Waals surface area contributed by atoms with Crippen LogP contribution >= 0.6 is 0 Å². The highest BCUT2D eigenvalue weighted by atomic mass is 19.1. The number of aliphatic hydroxyl groups is 2. The Morgan fingerprint density at radius 1 is 1.24 bits per heavy atom. The molecule has 17 heavy (non-hydrogen) atoms. The maximum Gasteiger partial charge on any atom is 0.123 e. The van der Waals surface area contributed by atoms with E-state index in [0.29, 0.717) is 0 Å². The van der Waals surface area contributed by atoms with Gasteiger partial charge in [0, 0.05) is 6.04 Å². The maximum atomic E-state index is 12.7. The van der Waals surface area contributed by atoms with E-state index in [-0.39, 0.29) is 25.1 Å². The molecule has 4 heteroatoms. The SMILES string of the molecule is CC(Cc1ccc(F)cc1)NC(C)(CO)CO. The number of halogens is 1. The van der Waals surface area contributed by atoms with E-state index in [0.717, 1.165) is 12.0 Å². The molecule has 0 aliphatic rings. The van der Waals surface area contributed by atoms with Crippen LogP contribution in [0.4, 0.5) is 4.39 Å². The molecule has 0 radical (unpaired) electrons. The lowest BCUT2D eigenvalue weighted by Gasteiger charge is -2.30. The number of rotatable bonds is 6. The van der Waals surface area contributed by atoms with Gasteiger partial charge in [-0.2, -0.15) is 0 Å². The third kappa shape index (κ3) is 4.42. The van der Waals surface area contributed by atoms with E-state index >= 15 is 0 Å². The van der Waals surface area contributed by atoms with E-state index < -0.39 is 5.54 Å². The van der Waals surface area contributed by atoms with E-state index in [1.807, 2.05) is 6.92 Å². The molecule has 0 aliphatic carbocycles. The summed E-state index contributed by atoms with van der Waals surface area (Å²) < 4.78 is 12.7. The van der Waals surface area contributed by atoms with Crippen LogP contribution in [-0.2, 0) is 6.42 Å². The van der Waals surface area contributed by atoms with Gasteiger partial charge in [0.05, 0.1) is 18.8 Å². The molecule has 1 aromatic rings. The summed E-state index contributed by atoms with van der Waals surface area (Å²) in [5.41, 5.74) is 0.337. The summed E-state index contributed by atoms with van der Waals surface area (Å²) in [4.78, 5) is 0. The van der Waals surface area contributed by atoms with Crippen molar-refractivity contribution in [2.24, 2.45) is 0 Å². The molecule has 0 aliphatic heterocycles. The smallest absolute Gasteiger partial charge is 0.123 e. The van der Waals surface area contributed by atoms with E-state index in [2.05, 4.69) is 5.32 Å². The van der Waals surface area contributed by atoms with Crippen molar-refractivity contribution in [3.63, 3.8) is 0 Å². The highest BCUT2D eigenvalue weighted by molar-refractivity contribution is 5.17. The highest BCUT2D eigenvalue weighted by Gasteiger charge is 2.23. The Hall–Kier alpha value is -0.970. The molecular formula is C13H20FNO2. The second kappa shape index (κ2) is 6.10. The fourth-order valence-corrected chi connectivity index (χ4v) is 1.76. The van der Waals surface area contributed by atoms with Crippen molar-refractivity contribution in [1.82, 2.24) is 5.32 Å². The van der Waals surface area contributed by atoms with Gasteiger partial charge in [-0.05, 0) is 38.0 Å². The largest absolute Gasteiger partial charge is 0.394 e. The summed E-state index contributed by atoms with van der Waals surface area (Å²) in [6, 6.07) is 6.43. The van der Waals surface area contributed by atoms with Gasteiger partial charge in [0.25, 0.3) is 0 Å². The summed E-state index contributed by atoms with van der Waals surface area (Å²) in [6.07, 6.45) is 0.718. The minimum Gasteiger partial charge on any atom is -0.394 e. The Labute approximate surface area is 101 Å². The van der Waals surface area contributed by atoms with Crippen LogP contribution in [0.1, 0.15) is 19.4 Å². The predicted molar refractivity (Wildman–Crippen MR) is 65.3 cm³/mol. The second-order valence-corrected chi connectivity index (χ2v) is 4.75. The molecule has 96 valence electrons. The van der Waals surface area contributed by atoms with Crippen molar-refractivity contribution in [2.75, 3.05) is 13.2 Å². The van der Waals surface area contributed by atoms with Crippen molar-refractivity contribution in [3.05, 3.63) is 35.6 Å². The van der Waals surface area contributed by atoms with Crippen molar-refractivity contribution in [1.29, 1.82) is 0 Å². The van der Waals surface area contributed by atoms with Gasteiger partial charge in [0.2, 0.25) is 0 Å². The van der Waals surface area contributed by atoms with Crippen LogP contribution in [0.5, 0.6) is 0 Å². The zero-order valence-corrected chi connectivity index (χ0v) is 10.3. The molecule has 0 fully saturated rings. The molecule has 1 atom stereocenters. The maximum absolute atomic E-state index is 12.7. The van der Waals surface area contributed by atoms with Crippen LogP contribution in [-0.4, -0.2) is 35.0 Å². The molecule has 1 rings (SSSR count). The zero-order chi connectivity index (χ0) is 12.9. The normalized spacial score (nSPS) is 13.7. The second-order valence-electron chi connectivity index (χ2n) is 4.75.